The molecule has 2 N–H and O–H groups in total. The summed E-state index contributed by atoms with van der Waals surface area (Å²) in [4.78, 5) is 27.0. The molecule has 2 heterocycles. The summed E-state index contributed by atoms with van der Waals surface area (Å²) in [6.45, 7) is 5.89. The maximum absolute atomic E-state index is 12.3. The average Bonchev–Trinajstić information content (AvgIpc) is 3.10. The first-order valence-corrected chi connectivity index (χ1v) is 9.50. The number of carbonyl (C=O) groups excluding carboxylic acids is 2. The number of carbonyl (C=O) groups is 2. The van der Waals surface area contributed by atoms with Crippen LogP contribution in [0.25, 0.3) is 0 Å². The molecule has 0 radical (unpaired) electrons. The Morgan fingerprint density at radius 3 is 2.27 bits per heavy atom. The third-order valence-electron chi connectivity index (χ3n) is 4.03. The molecule has 0 unspecified atom stereocenters. The van der Waals surface area contributed by atoms with E-state index >= 15 is 0 Å². The van der Waals surface area contributed by atoms with Crippen LogP contribution in [0.1, 0.15) is 23.5 Å². The van der Waals surface area contributed by atoms with Crippen LogP contribution >= 0.6 is 11.3 Å². The van der Waals surface area contributed by atoms with E-state index in [9.17, 15) is 9.59 Å². The fourth-order valence-corrected chi connectivity index (χ4v) is 3.67. The lowest BCUT2D eigenvalue weighted by atomic mass is 10.2. The zero-order valence-electron chi connectivity index (χ0n) is 14.9. The molecule has 1 aliphatic heterocycles. The summed E-state index contributed by atoms with van der Waals surface area (Å²) in [6, 6.07) is 10.7. The Morgan fingerprint density at radius 2 is 1.69 bits per heavy atom. The van der Waals surface area contributed by atoms with Crippen molar-refractivity contribution in [3.63, 3.8) is 0 Å². The number of benzene rings is 1. The minimum absolute atomic E-state index is 0.0540. The van der Waals surface area contributed by atoms with Gasteiger partial charge in [-0.3, -0.25) is 14.5 Å². The Labute approximate surface area is 157 Å². The Kier molecular flexibility index (Phi) is 6.03. The van der Waals surface area contributed by atoms with Gasteiger partial charge in [-0.25, -0.2) is 0 Å². The number of amides is 2. The van der Waals surface area contributed by atoms with E-state index in [2.05, 4.69) is 15.5 Å². The number of nitrogens with one attached hydrogen (secondary N) is 2. The van der Waals surface area contributed by atoms with E-state index in [1.54, 1.807) is 30.3 Å². The van der Waals surface area contributed by atoms with Gasteiger partial charge in [0, 0.05) is 24.5 Å². The number of hydrogen-bond acceptors (Lipinski definition) is 5. The van der Waals surface area contributed by atoms with E-state index in [0.717, 1.165) is 13.1 Å². The number of hydrogen-bond donors (Lipinski definition) is 2. The largest absolute Gasteiger partial charge is 0.373 e. The van der Waals surface area contributed by atoms with Gasteiger partial charge in [0.15, 0.2) is 0 Å². The van der Waals surface area contributed by atoms with Crippen LogP contribution in [0, 0.1) is 0 Å². The normalized spacial score (nSPS) is 20.5. The highest BCUT2D eigenvalue weighted by molar-refractivity contribution is 7.12. The lowest BCUT2D eigenvalue weighted by molar-refractivity contribution is -0.121. The van der Waals surface area contributed by atoms with Gasteiger partial charge in [-0.2, -0.15) is 0 Å². The smallest absolute Gasteiger partial charge is 0.265 e. The van der Waals surface area contributed by atoms with Gasteiger partial charge in [-0.15, -0.1) is 11.3 Å². The number of anilines is 2. The Hall–Kier alpha value is -2.22. The van der Waals surface area contributed by atoms with E-state index in [4.69, 9.17) is 4.74 Å². The summed E-state index contributed by atoms with van der Waals surface area (Å²) in [6.07, 6.45) is 0.274. The highest BCUT2D eigenvalue weighted by Gasteiger charge is 2.23. The number of thiophene rings is 1. The van der Waals surface area contributed by atoms with Gasteiger partial charge in [0.25, 0.3) is 5.91 Å². The van der Waals surface area contributed by atoms with Crippen LogP contribution in [0.4, 0.5) is 11.4 Å². The second kappa shape index (κ2) is 8.44. The molecule has 7 heteroatoms. The quantitative estimate of drug-likeness (QED) is 0.845. The number of rotatable bonds is 5. The number of ether oxygens (including phenoxy) is 1. The Balaban J connectivity index is 1.50. The Morgan fingerprint density at radius 1 is 1.08 bits per heavy atom. The van der Waals surface area contributed by atoms with Gasteiger partial charge in [0.05, 0.1) is 23.6 Å². The predicted octanol–water partition coefficient (Wildman–Crippen LogP) is 3.05. The molecule has 1 fully saturated rings. The molecule has 0 aliphatic carbocycles. The third-order valence-corrected chi connectivity index (χ3v) is 4.90. The van der Waals surface area contributed by atoms with Crippen molar-refractivity contribution in [2.45, 2.75) is 26.1 Å². The van der Waals surface area contributed by atoms with Crippen LogP contribution < -0.4 is 10.6 Å². The van der Waals surface area contributed by atoms with E-state index in [1.165, 1.54) is 11.3 Å². The molecule has 6 nitrogen and oxygen atoms in total. The predicted molar refractivity (Wildman–Crippen MR) is 104 cm³/mol. The number of nitrogens with zero attached hydrogens (tertiary/aromatic N) is 1. The van der Waals surface area contributed by atoms with Crippen LogP contribution in [0.3, 0.4) is 0 Å². The van der Waals surface area contributed by atoms with Crippen molar-refractivity contribution in [3.05, 3.63) is 46.7 Å². The summed E-state index contributed by atoms with van der Waals surface area (Å²) in [5.74, 6) is -0.186. The molecule has 1 saturated heterocycles. The molecule has 3 rings (SSSR count). The van der Waals surface area contributed by atoms with Crippen molar-refractivity contribution >= 4 is 34.5 Å². The molecule has 2 amide bonds. The summed E-state index contributed by atoms with van der Waals surface area (Å²) in [5.41, 5.74) is 1.40. The minimum Gasteiger partial charge on any atom is -0.373 e. The molecular formula is C19H23N3O3S. The van der Waals surface area contributed by atoms with Crippen molar-refractivity contribution in [1.82, 2.24) is 4.90 Å². The molecule has 0 saturated carbocycles. The topological polar surface area (TPSA) is 70.7 Å². The highest BCUT2D eigenvalue weighted by atomic mass is 32.1. The molecule has 26 heavy (non-hydrogen) atoms. The molecule has 1 aliphatic rings. The van der Waals surface area contributed by atoms with Crippen molar-refractivity contribution in [3.8, 4) is 0 Å². The Bertz CT molecular complexity index is 736. The molecule has 0 bridgehead atoms. The summed E-state index contributed by atoms with van der Waals surface area (Å²) >= 11 is 1.40. The lowest BCUT2D eigenvalue weighted by Crippen LogP contribution is -2.48. The molecule has 1 aromatic carbocycles. The summed E-state index contributed by atoms with van der Waals surface area (Å²) in [5, 5.41) is 7.60. The maximum Gasteiger partial charge on any atom is 0.265 e. The van der Waals surface area contributed by atoms with Crippen LogP contribution in [0.5, 0.6) is 0 Å². The molecule has 0 spiro atoms. The maximum atomic E-state index is 12.3. The van der Waals surface area contributed by atoms with Gasteiger partial charge >= 0.3 is 0 Å². The van der Waals surface area contributed by atoms with Crippen molar-refractivity contribution in [2.75, 3.05) is 30.3 Å². The molecule has 2 aromatic rings. The summed E-state index contributed by atoms with van der Waals surface area (Å²) in [7, 11) is 0. The van der Waals surface area contributed by atoms with E-state index in [0.29, 0.717) is 22.8 Å². The summed E-state index contributed by atoms with van der Waals surface area (Å²) < 4.78 is 5.68. The fraction of sp³-hybridized carbons (Fsp3) is 0.368. The minimum atomic E-state index is -0.132. The van der Waals surface area contributed by atoms with Crippen molar-refractivity contribution in [2.24, 2.45) is 0 Å². The highest BCUT2D eigenvalue weighted by Crippen LogP contribution is 2.17. The van der Waals surface area contributed by atoms with Gasteiger partial charge in [0.2, 0.25) is 5.91 Å². The van der Waals surface area contributed by atoms with Crippen molar-refractivity contribution < 1.29 is 14.3 Å². The first-order valence-electron chi connectivity index (χ1n) is 8.62. The van der Waals surface area contributed by atoms with Gasteiger partial charge in [-0.05, 0) is 49.6 Å². The first kappa shape index (κ1) is 18.6. The van der Waals surface area contributed by atoms with Crippen LogP contribution in [0.2, 0.25) is 0 Å². The van der Waals surface area contributed by atoms with Gasteiger partial charge < -0.3 is 15.4 Å². The number of morpholine rings is 1. The van der Waals surface area contributed by atoms with Crippen LogP contribution in [-0.4, -0.2) is 48.6 Å². The average molecular weight is 373 g/mol. The third kappa shape index (κ3) is 5.14. The van der Waals surface area contributed by atoms with Gasteiger partial charge in [0.1, 0.15) is 0 Å². The molecular weight excluding hydrogens is 350 g/mol. The fourth-order valence-electron chi connectivity index (χ4n) is 3.05. The van der Waals surface area contributed by atoms with Crippen LogP contribution in [0.15, 0.2) is 41.8 Å². The zero-order chi connectivity index (χ0) is 18.5. The SMILES string of the molecule is C[C@@H]1CN(CC(=O)Nc2ccc(NC(=O)c3cccs3)cc2)C[C@@H](C)O1. The molecule has 2 atom stereocenters. The molecule has 138 valence electrons. The lowest BCUT2D eigenvalue weighted by Gasteiger charge is -2.34. The van der Waals surface area contributed by atoms with Gasteiger partial charge in [-0.1, -0.05) is 6.07 Å². The van der Waals surface area contributed by atoms with E-state index < -0.39 is 0 Å². The van der Waals surface area contributed by atoms with E-state index in [-0.39, 0.29) is 24.0 Å². The molecule has 1 aromatic heterocycles. The van der Waals surface area contributed by atoms with Crippen molar-refractivity contribution in [1.29, 1.82) is 0 Å². The standard InChI is InChI=1S/C19H23N3O3S/c1-13-10-22(11-14(2)25-13)12-18(23)20-15-5-7-16(8-6-15)21-19(24)17-4-3-9-26-17/h3-9,13-14H,10-12H2,1-2H3,(H,20,23)(H,21,24)/t13-,14-/m1/s1. The second-order valence-electron chi connectivity index (χ2n) is 6.51. The zero-order valence-corrected chi connectivity index (χ0v) is 15.7. The van der Waals surface area contributed by atoms with E-state index in [1.807, 2.05) is 25.3 Å². The first-order chi connectivity index (χ1) is 12.5. The van der Waals surface area contributed by atoms with Crippen LogP contribution in [-0.2, 0) is 9.53 Å². The monoisotopic (exact) mass is 373 g/mol. The second-order valence-corrected chi connectivity index (χ2v) is 7.46.